The van der Waals surface area contributed by atoms with Gasteiger partial charge in [-0.2, -0.15) is 0 Å². The van der Waals surface area contributed by atoms with Gasteiger partial charge in [0.25, 0.3) is 5.91 Å². The molecule has 2 fully saturated rings. The van der Waals surface area contributed by atoms with Gasteiger partial charge >= 0.3 is 0 Å². The van der Waals surface area contributed by atoms with Gasteiger partial charge in [0, 0.05) is 17.0 Å². The van der Waals surface area contributed by atoms with Gasteiger partial charge in [0.05, 0.1) is 28.1 Å². The number of carbonyl (C=O) groups is 1. The summed E-state index contributed by atoms with van der Waals surface area (Å²) < 4.78 is 23.5. The number of carbonyl (C=O) groups excluding carboxylic acids is 1. The summed E-state index contributed by atoms with van der Waals surface area (Å²) in [5.41, 5.74) is 1.67. The number of fused-ring (bicyclic) bond motifs is 1. The van der Waals surface area contributed by atoms with Gasteiger partial charge in [0.15, 0.2) is 9.84 Å². The van der Waals surface area contributed by atoms with Crippen LogP contribution in [-0.2, 0) is 9.84 Å². The van der Waals surface area contributed by atoms with Gasteiger partial charge in [-0.3, -0.25) is 9.78 Å². The molecule has 5 nitrogen and oxygen atoms in total. The Hall–Kier alpha value is -1.95. The zero-order valence-corrected chi connectivity index (χ0v) is 14.4. The molecule has 1 atom stereocenters. The van der Waals surface area contributed by atoms with E-state index < -0.39 is 15.4 Å². The molecule has 2 aliphatic rings. The fraction of sp³-hybridized carbons (Fsp3) is 0.444. The van der Waals surface area contributed by atoms with Gasteiger partial charge < -0.3 is 5.32 Å². The third-order valence-electron chi connectivity index (χ3n) is 4.89. The third kappa shape index (κ3) is 2.90. The summed E-state index contributed by atoms with van der Waals surface area (Å²) in [6.07, 6.45) is 2.68. The number of amides is 1. The van der Waals surface area contributed by atoms with Crippen LogP contribution in [0.25, 0.3) is 10.9 Å². The quantitative estimate of drug-likeness (QED) is 0.928. The van der Waals surface area contributed by atoms with Crippen molar-refractivity contribution in [2.75, 3.05) is 11.5 Å². The predicted molar refractivity (Wildman–Crippen MR) is 92.9 cm³/mol. The lowest BCUT2D eigenvalue weighted by Crippen LogP contribution is -2.47. The van der Waals surface area contributed by atoms with Gasteiger partial charge in [-0.1, -0.05) is 18.2 Å². The molecule has 1 saturated heterocycles. The molecule has 1 aliphatic carbocycles. The lowest BCUT2D eigenvalue weighted by Gasteiger charge is -2.24. The predicted octanol–water partition coefficient (Wildman–Crippen LogP) is 2.42. The summed E-state index contributed by atoms with van der Waals surface area (Å²) in [4.78, 5) is 17.6. The fourth-order valence-electron chi connectivity index (χ4n) is 3.42. The third-order valence-corrected chi connectivity index (χ3v) is 6.80. The Labute approximate surface area is 141 Å². The van der Waals surface area contributed by atoms with E-state index in [0.717, 1.165) is 29.4 Å². The smallest absolute Gasteiger partial charge is 0.252 e. The molecule has 1 aliphatic heterocycles. The highest BCUT2D eigenvalue weighted by Crippen LogP contribution is 2.40. The Morgan fingerprint density at radius 3 is 2.71 bits per heavy atom. The molecule has 1 aromatic carbocycles. The van der Waals surface area contributed by atoms with Gasteiger partial charge in [0.1, 0.15) is 0 Å². The SMILES string of the molecule is CC1(NC(=O)c2cc(C3CC3)nc3ccccc23)CCS(=O)(=O)C1. The second kappa shape index (κ2) is 5.28. The number of pyridine rings is 1. The fourth-order valence-corrected chi connectivity index (χ4v) is 5.52. The van der Waals surface area contributed by atoms with Crippen LogP contribution in [0.2, 0.25) is 0 Å². The van der Waals surface area contributed by atoms with Crippen LogP contribution in [0.3, 0.4) is 0 Å². The summed E-state index contributed by atoms with van der Waals surface area (Å²) in [5, 5.41) is 3.77. The highest BCUT2D eigenvalue weighted by molar-refractivity contribution is 7.91. The molecule has 4 rings (SSSR count). The normalized spacial score (nSPS) is 25.7. The van der Waals surface area contributed by atoms with Crippen LogP contribution in [0.15, 0.2) is 30.3 Å². The minimum Gasteiger partial charge on any atom is -0.346 e. The van der Waals surface area contributed by atoms with Gasteiger partial charge in [-0.15, -0.1) is 0 Å². The van der Waals surface area contributed by atoms with Crippen molar-refractivity contribution in [1.82, 2.24) is 10.3 Å². The highest BCUT2D eigenvalue weighted by atomic mass is 32.2. The first kappa shape index (κ1) is 15.6. The number of rotatable bonds is 3. The van der Waals surface area contributed by atoms with Crippen molar-refractivity contribution in [1.29, 1.82) is 0 Å². The van der Waals surface area contributed by atoms with E-state index in [1.54, 1.807) is 6.92 Å². The average molecular weight is 344 g/mol. The van der Waals surface area contributed by atoms with Crippen molar-refractivity contribution in [3.05, 3.63) is 41.6 Å². The van der Waals surface area contributed by atoms with Crippen LogP contribution in [0.1, 0.15) is 48.2 Å². The first-order chi connectivity index (χ1) is 11.4. The molecule has 1 unspecified atom stereocenters. The lowest BCUT2D eigenvalue weighted by molar-refractivity contribution is 0.0917. The highest BCUT2D eigenvalue weighted by Gasteiger charge is 2.40. The monoisotopic (exact) mass is 344 g/mol. The van der Waals surface area contributed by atoms with E-state index >= 15 is 0 Å². The summed E-state index contributed by atoms with van der Waals surface area (Å²) in [6.45, 7) is 1.81. The molecule has 24 heavy (non-hydrogen) atoms. The molecule has 0 spiro atoms. The zero-order valence-electron chi connectivity index (χ0n) is 13.6. The molecule has 1 saturated carbocycles. The van der Waals surface area contributed by atoms with Crippen molar-refractivity contribution < 1.29 is 13.2 Å². The Bertz CT molecular complexity index is 934. The standard InChI is InChI=1S/C18H20N2O3S/c1-18(8-9-24(22,23)11-18)20-17(21)14-10-16(12-6-7-12)19-15-5-3-2-4-13(14)15/h2-5,10,12H,6-9,11H2,1H3,(H,20,21). The second-order valence-electron chi connectivity index (χ2n) is 7.24. The molecule has 2 aromatic rings. The molecule has 0 bridgehead atoms. The minimum absolute atomic E-state index is 0.00420. The Morgan fingerprint density at radius 2 is 2.04 bits per heavy atom. The lowest BCUT2D eigenvalue weighted by atomic mass is 9.99. The zero-order chi connectivity index (χ0) is 16.9. The van der Waals surface area contributed by atoms with E-state index in [1.165, 1.54) is 0 Å². The summed E-state index contributed by atoms with van der Waals surface area (Å²) in [7, 11) is -3.06. The first-order valence-corrected chi connectivity index (χ1v) is 10.1. The number of hydrogen-bond donors (Lipinski definition) is 1. The first-order valence-electron chi connectivity index (χ1n) is 8.28. The van der Waals surface area contributed by atoms with E-state index in [9.17, 15) is 13.2 Å². The summed E-state index contributed by atoms with van der Waals surface area (Å²) in [5.74, 6) is 0.372. The number of para-hydroxylation sites is 1. The number of sulfone groups is 1. The van der Waals surface area contributed by atoms with Gasteiger partial charge in [0.2, 0.25) is 0 Å². The Kier molecular flexibility index (Phi) is 3.42. The maximum absolute atomic E-state index is 12.9. The molecule has 1 amide bonds. The van der Waals surface area contributed by atoms with Gasteiger partial charge in [-0.05, 0) is 38.3 Å². The molecule has 0 radical (unpaired) electrons. The Balaban J connectivity index is 1.71. The van der Waals surface area contributed by atoms with Crippen molar-refractivity contribution in [2.24, 2.45) is 0 Å². The number of hydrogen-bond acceptors (Lipinski definition) is 4. The second-order valence-corrected chi connectivity index (χ2v) is 9.43. The van der Waals surface area contributed by atoms with Crippen LogP contribution in [0.5, 0.6) is 0 Å². The molecule has 1 N–H and O–H groups in total. The molecule has 6 heteroatoms. The molecule has 126 valence electrons. The van der Waals surface area contributed by atoms with E-state index in [-0.39, 0.29) is 17.4 Å². The van der Waals surface area contributed by atoms with E-state index in [2.05, 4.69) is 10.3 Å². The Morgan fingerprint density at radius 1 is 1.29 bits per heavy atom. The van der Waals surface area contributed by atoms with Crippen LogP contribution in [-0.4, -0.2) is 36.4 Å². The minimum atomic E-state index is -3.06. The van der Waals surface area contributed by atoms with Crippen LogP contribution < -0.4 is 5.32 Å². The number of aromatic nitrogens is 1. The van der Waals surface area contributed by atoms with Crippen LogP contribution >= 0.6 is 0 Å². The maximum Gasteiger partial charge on any atom is 0.252 e. The van der Waals surface area contributed by atoms with Crippen LogP contribution in [0.4, 0.5) is 0 Å². The molecule has 1 aromatic heterocycles. The number of nitrogens with one attached hydrogen (secondary N) is 1. The van der Waals surface area contributed by atoms with Crippen molar-refractivity contribution in [3.63, 3.8) is 0 Å². The summed E-state index contributed by atoms with van der Waals surface area (Å²) >= 11 is 0. The maximum atomic E-state index is 12.9. The van der Waals surface area contributed by atoms with Crippen molar-refractivity contribution in [2.45, 2.75) is 37.6 Å². The largest absolute Gasteiger partial charge is 0.346 e. The molecular weight excluding hydrogens is 324 g/mol. The van der Waals surface area contributed by atoms with E-state index in [1.807, 2.05) is 30.3 Å². The van der Waals surface area contributed by atoms with Crippen molar-refractivity contribution in [3.8, 4) is 0 Å². The number of benzene rings is 1. The van der Waals surface area contributed by atoms with Crippen LogP contribution in [0, 0.1) is 0 Å². The molecule has 2 heterocycles. The van der Waals surface area contributed by atoms with E-state index in [4.69, 9.17) is 0 Å². The van der Waals surface area contributed by atoms with Gasteiger partial charge in [-0.25, -0.2) is 8.42 Å². The average Bonchev–Trinajstić information content (AvgIpc) is 3.32. The topological polar surface area (TPSA) is 76.1 Å². The molecular formula is C18H20N2O3S. The van der Waals surface area contributed by atoms with E-state index in [0.29, 0.717) is 17.9 Å². The van der Waals surface area contributed by atoms with Crippen molar-refractivity contribution >= 4 is 26.6 Å². The summed E-state index contributed by atoms with van der Waals surface area (Å²) in [6, 6.07) is 9.49. The number of nitrogens with zero attached hydrogens (tertiary/aromatic N) is 1.